The lowest BCUT2D eigenvalue weighted by Crippen LogP contribution is -2.51. The van der Waals surface area contributed by atoms with E-state index in [1.165, 1.54) is 6.07 Å². The van der Waals surface area contributed by atoms with E-state index in [-0.39, 0.29) is 11.8 Å². The Morgan fingerprint density at radius 1 is 1.09 bits per heavy atom. The Kier molecular flexibility index (Phi) is 4.71. The van der Waals surface area contributed by atoms with Crippen LogP contribution in [0.2, 0.25) is 0 Å². The van der Waals surface area contributed by atoms with E-state index in [1.807, 2.05) is 23.1 Å². The number of hydrogen-bond acceptors (Lipinski definition) is 3. The van der Waals surface area contributed by atoms with Crippen molar-refractivity contribution < 1.29 is 9.18 Å². The summed E-state index contributed by atoms with van der Waals surface area (Å²) >= 11 is 0. The van der Waals surface area contributed by atoms with Crippen LogP contribution in [-0.2, 0) is 6.54 Å². The van der Waals surface area contributed by atoms with Gasteiger partial charge in [0, 0.05) is 45.1 Å². The number of carbonyl (C=O) groups excluding carboxylic acids is 1. The van der Waals surface area contributed by atoms with Crippen molar-refractivity contribution in [3.63, 3.8) is 0 Å². The molecule has 1 aromatic carbocycles. The molecule has 2 heterocycles. The standard InChI is InChI=1S/C17H19FN4O/c18-15-3-1-2-4-16(15)21-9-11-22(12-10-21)17(23)20-13-14-5-7-19-8-6-14/h1-8H,9-13H2,(H,20,23). The van der Waals surface area contributed by atoms with Gasteiger partial charge in [-0.1, -0.05) is 12.1 Å². The fourth-order valence-corrected chi connectivity index (χ4v) is 2.65. The van der Waals surface area contributed by atoms with Crippen LogP contribution in [0.4, 0.5) is 14.9 Å². The highest BCUT2D eigenvalue weighted by Gasteiger charge is 2.22. The average Bonchev–Trinajstić information content (AvgIpc) is 2.61. The summed E-state index contributed by atoms with van der Waals surface area (Å²) in [4.78, 5) is 19.9. The predicted octanol–water partition coefficient (Wildman–Crippen LogP) is 2.25. The molecule has 0 atom stereocenters. The molecule has 0 bridgehead atoms. The maximum Gasteiger partial charge on any atom is 0.317 e. The third kappa shape index (κ3) is 3.77. The number of piperazine rings is 1. The van der Waals surface area contributed by atoms with Crippen LogP contribution in [0.5, 0.6) is 0 Å². The summed E-state index contributed by atoms with van der Waals surface area (Å²) in [6.07, 6.45) is 3.41. The van der Waals surface area contributed by atoms with E-state index >= 15 is 0 Å². The van der Waals surface area contributed by atoms with Crippen LogP contribution in [0.15, 0.2) is 48.8 Å². The molecular formula is C17H19FN4O. The van der Waals surface area contributed by atoms with E-state index in [4.69, 9.17) is 0 Å². The number of para-hydroxylation sites is 1. The monoisotopic (exact) mass is 314 g/mol. The number of pyridine rings is 1. The molecule has 23 heavy (non-hydrogen) atoms. The van der Waals surface area contributed by atoms with Crippen molar-refractivity contribution in [3.8, 4) is 0 Å². The Balaban J connectivity index is 1.50. The number of aromatic nitrogens is 1. The summed E-state index contributed by atoms with van der Waals surface area (Å²) in [6.45, 7) is 2.90. The second kappa shape index (κ2) is 7.09. The summed E-state index contributed by atoms with van der Waals surface area (Å²) in [6, 6.07) is 10.4. The highest BCUT2D eigenvalue weighted by molar-refractivity contribution is 5.74. The second-order valence-corrected chi connectivity index (χ2v) is 5.44. The molecule has 1 aliphatic heterocycles. The van der Waals surface area contributed by atoms with Crippen LogP contribution >= 0.6 is 0 Å². The molecule has 1 fully saturated rings. The minimum atomic E-state index is -0.219. The number of carbonyl (C=O) groups is 1. The lowest BCUT2D eigenvalue weighted by molar-refractivity contribution is 0.194. The van der Waals surface area contributed by atoms with Gasteiger partial charge in [-0.2, -0.15) is 0 Å². The van der Waals surface area contributed by atoms with Gasteiger partial charge in [-0.15, -0.1) is 0 Å². The maximum absolute atomic E-state index is 13.8. The molecule has 1 aliphatic rings. The van der Waals surface area contributed by atoms with E-state index in [2.05, 4.69) is 10.3 Å². The van der Waals surface area contributed by atoms with Gasteiger partial charge in [0.2, 0.25) is 0 Å². The average molecular weight is 314 g/mol. The second-order valence-electron chi connectivity index (χ2n) is 5.44. The van der Waals surface area contributed by atoms with Crippen molar-refractivity contribution in [2.24, 2.45) is 0 Å². The summed E-state index contributed by atoms with van der Waals surface area (Å²) in [5.74, 6) is -0.219. The van der Waals surface area contributed by atoms with Crippen LogP contribution in [0, 0.1) is 5.82 Å². The van der Waals surface area contributed by atoms with Crippen LogP contribution in [0.25, 0.3) is 0 Å². The first kappa shape index (κ1) is 15.3. The number of hydrogen-bond donors (Lipinski definition) is 1. The zero-order valence-corrected chi connectivity index (χ0v) is 12.8. The van der Waals surface area contributed by atoms with Crippen molar-refractivity contribution in [1.29, 1.82) is 0 Å². The quantitative estimate of drug-likeness (QED) is 0.945. The number of urea groups is 1. The smallest absolute Gasteiger partial charge is 0.317 e. The molecular weight excluding hydrogens is 295 g/mol. The molecule has 0 unspecified atom stereocenters. The van der Waals surface area contributed by atoms with Gasteiger partial charge in [0.25, 0.3) is 0 Å². The number of benzene rings is 1. The zero-order chi connectivity index (χ0) is 16.1. The first-order valence-electron chi connectivity index (χ1n) is 7.65. The molecule has 5 nitrogen and oxygen atoms in total. The topological polar surface area (TPSA) is 48.5 Å². The van der Waals surface area contributed by atoms with Gasteiger partial charge >= 0.3 is 6.03 Å². The first-order chi connectivity index (χ1) is 11.2. The van der Waals surface area contributed by atoms with E-state index in [0.717, 1.165) is 5.56 Å². The van der Waals surface area contributed by atoms with Crippen molar-refractivity contribution in [2.75, 3.05) is 31.1 Å². The molecule has 0 aliphatic carbocycles. The number of nitrogens with zero attached hydrogens (tertiary/aromatic N) is 3. The van der Waals surface area contributed by atoms with Gasteiger partial charge in [0.05, 0.1) is 5.69 Å². The summed E-state index contributed by atoms with van der Waals surface area (Å²) in [5, 5.41) is 2.90. The maximum atomic E-state index is 13.8. The summed E-state index contributed by atoms with van der Waals surface area (Å²) < 4.78 is 13.8. The van der Waals surface area contributed by atoms with Gasteiger partial charge in [0.1, 0.15) is 5.82 Å². The van der Waals surface area contributed by atoms with E-state index in [1.54, 1.807) is 29.4 Å². The molecule has 1 N–H and O–H groups in total. The van der Waals surface area contributed by atoms with E-state index in [9.17, 15) is 9.18 Å². The van der Waals surface area contributed by atoms with Gasteiger partial charge in [-0.25, -0.2) is 9.18 Å². The number of nitrogens with one attached hydrogen (secondary N) is 1. The Labute approximate surface area is 134 Å². The van der Waals surface area contributed by atoms with Crippen LogP contribution in [0.3, 0.4) is 0 Å². The van der Waals surface area contributed by atoms with Crippen molar-refractivity contribution in [3.05, 3.63) is 60.2 Å². The molecule has 120 valence electrons. The Hall–Kier alpha value is -2.63. The van der Waals surface area contributed by atoms with Crippen LogP contribution < -0.4 is 10.2 Å². The normalized spacial score (nSPS) is 14.7. The number of halogens is 1. The number of amides is 2. The highest BCUT2D eigenvalue weighted by Crippen LogP contribution is 2.20. The van der Waals surface area contributed by atoms with Gasteiger partial charge in [-0.3, -0.25) is 4.98 Å². The van der Waals surface area contributed by atoms with E-state index in [0.29, 0.717) is 38.4 Å². The Bertz CT molecular complexity index is 657. The molecule has 0 spiro atoms. The zero-order valence-electron chi connectivity index (χ0n) is 12.8. The molecule has 2 aromatic rings. The van der Waals surface area contributed by atoms with Crippen molar-refractivity contribution in [1.82, 2.24) is 15.2 Å². The lowest BCUT2D eigenvalue weighted by atomic mass is 10.2. The fraction of sp³-hybridized carbons (Fsp3) is 0.294. The molecule has 1 aromatic heterocycles. The largest absolute Gasteiger partial charge is 0.366 e. The first-order valence-corrected chi connectivity index (χ1v) is 7.65. The van der Waals surface area contributed by atoms with Gasteiger partial charge < -0.3 is 15.1 Å². The summed E-state index contributed by atoms with van der Waals surface area (Å²) in [7, 11) is 0. The van der Waals surface area contributed by atoms with E-state index < -0.39 is 0 Å². The molecule has 6 heteroatoms. The SMILES string of the molecule is O=C(NCc1ccncc1)N1CCN(c2ccccc2F)CC1. The predicted molar refractivity (Wildman–Crippen MR) is 86.7 cm³/mol. The third-order valence-corrected chi connectivity index (χ3v) is 3.95. The van der Waals surface area contributed by atoms with Crippen LogP contribution in [-0.4, -0.2) is 42.1 Å². The number of anilines is 1. The Morgan fingerprint density at radius 2 is 1.78 bits per heavy atom. The Morgan fingerprint density at radius 3 is 2.48 bits per heavy atom. The molecule has 2 amide bonds. The van der Waals surface area contributed by atoms with Gasteiger partial charge in [-0.05, 0) is 29.8 Å². The fourth-order valence-electron chi connectivity index (χ4n) is 2.65. The lowest BCUT2D eigenvalue weighted by Gasteiger charge is -2.36. The van der Waals surface area contributed by atoms with Crippen molar-refractivity contribution >= 4 is 11.7 Å². The molecule has 0 saturated carbocycles. The van der Waals surface area contributed by atoms with Gasteiger partial charge in [0.15, 0.2) is 0 Å². The minimum absolute atomic E-state index is 0.0880. The molecule has 1 saturated heterocycles. The number of rotatable bonds is 3. The molecule has 0 radical (unpaired) electrons. The van der Waals surface area contributed by atoms with Crippen LogP contribution in [0.1, 0.15) is 5.56 Å². The minimum Gasteiger partial charge on any atom is -0.366 e. The third-order valence-electron chi connectivity index (χ3n) is 3.95. The molecule has 3 rings (SSSR count). The highest BCUT2D eigenvalue weighted by atomic mass is 19.1. The van der Waals surface area contributed by atoms with Crippen molar-refractivity contribution in [2.45, 2.75) is 6.54 Å². The summed E-state index contributed by atoms with van der Waals surface area (Å²) in [5.41, 5.74) is 1.61.